The van der Waals surface area contributed by atoms with Crippen LogP contribution >= 0.6 is 0 Å². The predicted molar refractivity (Wildman–Crippen MR) is 67.0 cm³/mol. The van der Waals surface area contributed by atoms with Gasteiger partial charge in [0.15, 0.2) is 0 Å². The molecule has 16 heavy (non-hydrogen) atoms. The average molecular weight is 205 g/mol. The number of fused-ring (bicyclic) bond motifs is 3. The molecule has 0 fully saturated rings. The Bertz CT molecular complexity index is 501. The molecule has 0 N–H and O–H groups in total. The van der Waals surface area contributed by atoms with Crippen LogP contribution in [-0.2, 0) is 0 Å². The van der Waals surface area contributed by atoms with E-state index in [-0.39, 0.29) is 0 Å². The summed E-state index contributed by atoms with van der Waals surface area (Å²) in [4.78, 5) is 0. The van der Waals surface area contributed by atoms with Gasteiger partial charge in [-0.3, -0.25) is 0 Å². The molecule has 1 radical (unpaired) electrons. The maximum Gasteiger partial charge on any atom is 0.0125 e. The Morgan fingerprint density at radius 2 is 1.69 bits per heavy atom. The topological polar surface area (TPSA) is 0 Å². The quantitative estimate of drug-likeness (QED) is 0.604. The van der Waals surface area contributed by atoms with E-state index in [2.05, 4.69) is 66.8 Å². The second-order valence-electron chi connectivity index (χ2n) is 4.16. The van der Waals surface area contributed by atoms with Gasteiger partial charge in [-0.05, 0) is 17.2 Å². The van der Waals surface area contributed by atoms with E-state index in [0.717, 1.165) is 0 Å². The first-order valence-electron chi connectivity index (χ1n) is 5.65. The number of hydrogen-bond acceptors (Lipinski definition) is 0. The molecule has 3 rings (SSSR count). The van der Waals surface area contributed by atoms with E-state index in [1.807, 2.05) is 6.08 Å². The molecule has 2 atom stereocenters. The first-order valence-corrected chi connectivity index (χ1v) is 5.65. The van der Waals surface area contributed by atoms with E-state index < -0.39 is 0 Å². The van der Waals surface area contributed by atoms with Gasteiger partial charge in [-0.15, -0.1) is 0 Å². The molecule has 0 nitrogen and oxygen atoms in total. The van der Waals surface area contributed by atoms with Gasteiger partial charge >= 0.3 is 0 Å². The van der Waals surface area contributed by atoms with E-state index in [9.17, 15) is 0 Å². The molecule has 0 aromatic heterocycles. The number of hydrogen-bond donors (Lipinski definition) is 0. The van der Waals surface area contributed by atoms with E-state index in [1.54, 1.807) is 0 Å². The summed E-state index contributed by atoms with van der Waals surface area (Å²) in [5.74, 6) is 0.933. The molecule has 1 aromatic rings. The van der Waals surface area contributed by atoms with Crippen molar-refractivity contribution in [3.63, 3.8) is 0 Å². The number of rotatable bonds is 0. The third-order valence-corrected chi connectivity index (χ3v) is 3.17. The van der Waals surface area contributed by atoms with Crippen molar-refractivity contribution in [3.8, 4) is 0 Å². The van der Waals surface area contributed by atoms with E-state index >= 15 is 0 Å². The van der Waals surface area contributed by atoms with Crippen molar-refractivity contribution < 1.29 is 0 Å². The zero-order chi connectivity index (χ0) is 10.8. The lowest BCUT2D eigenvalue weighted by Gasteiger charge is -2.24. The molecular weight excluding hydrogens is 192 g/mol. The van der Waals surface area contributed by atoms with Gasteiger partial charge in [-0.2, -0.15) is 0 Å². The number of benzene rings is 1. The van der Waals surface area contributed by atoms with Crippen LogP contribution < -0.4 is 0 Å². The van der Waals surface area contributed by atoms with Crippen molar-refractivity contribution in [2.45, 2.75) is 5.92 Å². The fraction of sp³-hybridized carbons (Fsp3) is 0.125. The van der Waals surface area contributed by atoms with Gasteiger partial charge in [0.1, 0.15) is 0 Å². The normalized spacial score (nSPS) is 29.8. The summed E-state index contributed by atoms with van der Waals surface area (Å²) in [6.45, 7) is 0. The second-order valence-corrected chi connectivity index (χ2v) is 4.16. The van der Waals surface area contributed by atoms with Crippen molar-refractivity contribution in [1.29, 1.82) is 0 Å². The maximum absolute atomic E-state index is 3.33. The molecule has 0 aliphatic heterocycles. The Morgan fingerprint density at radius 3 is 2.69 bits per heavy atom. The fourth-order valence-electron chi connectivity index (χ4n) is 2.36. The fourth-order valence-corrected chi connectivity index (χ4v) is 2.36. The molecule has 0 spiro atoms. The zero-order valence-electron chi connectivity index (χ0n) is 9.01. The summed E-state index contributed by atoms with van der Waals surface area (Å²) in [5.41, 5.74) is 2.58. The minimum absolute atomic E-state index is 0.457. The smallest absolute Gasteiger partial charge is 0.0125 e. The Kier molecular flexibility index (Phi) is 2.34. The minimum Gasteiger partial charge on any atom is -0.0767 e. The minimum atomic E-state index is 0.457. The molecule has 2 unspecified atom stereocenters. The van der Waals surface area contributed by atoms with Crippen LogP contribution in [0.2, 0.25) is 0 Å². The van der Waals surface area contributed by atoms with Crippen molar-refractivity contribution in [2.75, 3.05) is 0 Å². The second kappa shape index (κ2) is 3.97. The van der Waals surface area contributed by atoms with Crippen LogP contribution in [0.4, 0.5) is 0 Å². The van der Waals surface area contributed by atoms with Gasteiger partial charge < -0.3 is 0 Å². The first kappa shape index (κ1) is 9.41. The summed E-state index contributed by atoms with van der Waals surface area (Å²) >= 11 is 0. The van der Waals surface area contributed by atoms with Crippen LogP contribution in [0.3, 0.4) is 0 Å². The molecule has 0 bridgehead atoms. The Morgan fingerprint density at radius 1 is 0.875 bits per heavy atom. The lowest BCUT2D eigenvalue weighted by atomic mass is 9.80. The van der Waals surface area contributed by atoms with Crippen molar-refractivity contribution >= 4 is 0 Å². The van der Waals surface area contributed by atoms with Crippen LogP contribution in [-0.4, -0.2) is 0 Å². The molecule has 0 heteroatoms. The van der Waals surface area contributed by atoms with Gasteiger partial charge in [0.05, 0.1) is 0 Å². The van der Waals surface area contributed by atoms with Crippen molar-refractivity contribution in [2.24, 2.45) is 5.92 Å². The van der Waals surface area contributed by atoms with Crippen molar-refractivity contribution in [1.82, 2.24) is 0 Å². The number of allylic oxidation sites excluding steroid dienone is 7. The lowest BCUT2D eigenvalue weighted by molar-refractivity contribution is 0.695. The van der Waals surface area contributed by atoms with Crippen LogP contribution in [0.5, 0.6) is 0 Å². The maximum atomic E-state index is 3.33. The highest BCUT2D eigenvalue weighted by Crippen LogP contribution is 2.34. The zero-order valence-corrected chi connectivity index (χ0v) is 9.01. The molecule has 2 aliphatic carbocycles. The van der Waals surface area contributed by atoms with Gasteiger partial charge in [0.2, 0.25) is 0 Å². The lowest BCUT2D eigenvalue weighted by Crippen LogP contribution is -2.11. The van der Waals surface area contributed by atoms with Gasteiger partial charge in [-0.1, -0.05) is 66.8 Å². The van der Waals surface area contributed by atoms with Crippen molar-refractivity contribution in [3.05, 3.63) is 84.0 Å². The highest BCUT2D eigenvalue weighted by molar-refractivity contribution is 5.43. The van der Waals surface area contributed by atoms with E-state index in [4.69, 9.17) is 0 Å². The molecular formula is C16H13. The first-order chi connectivity index (χ1) is 7.95. The molecule has 0 saturated carbocycles. The van der Waals surface area contributed by atoms with Crippen LogP contribution in [0.25, 0.3) is 0 Å². The molecule has 1 aromatic carbocycles. The van der Waals surface area contributed by atoms with Gasteiger partial charge in [0.25, 0.3) is 0 Å². The van der Waals surface area contributed by atoms with Crippen LogP contribution in [0, 0.1) is 12.0 Å². The Balaban J connectivity index is 2.16. The predicted octanol–water partition coefficient (Wildman–Crippen LogP) is 3.79. The standard InChI is InChI=1S/C16H13/c1-2-8-14-10-4-6-12-16(14)15-11-5-3-9-13(15)7-1/h1-7,9-13,15H/b7-1-,8-2?. The van der Waals surface area contributed by atoms with Gasteiger partial charge in [-0.25, -0.2) is 0 Å². The summed E-state index contributed by atoms with van der Waals surface area (Å²) in [7, 11) is 0. The highest BCUT2D eigenvalue weighted by atomic mass is 14.2. The third kappa shape index (κ3) is 1.57. The van der Waals surface area contributed by atoms with Gasteiger partial charge in [0, 0.05) is 11.8 Å². The average Bonchev–Trinajstić information content (AvgIpc) is 2.33. The summed E-state index contributed by atoms with van der Waals surface area (Å²) in [6, 6.07) is 8.52. The molecule has 0 amide bonds. The Hall–Kier alpha value is -1.82. The third-order valence-electron chi connectivity index (χ3n) is 3.17. The van der Waals surface area contributed by atoms with Crippen LogP contribution in [0.15, 0.2) is 66.8 Å². The summed E-state index contributed by atoms with van der Waals surface area (Å²) in [5, 5.41) is 0. The largest absolute Gasteiger partial charge is 0.0767 e. The molecule has 77 valence electrons. The monoisotopic (exact) mass is 205 g/mol. The SMILES string of the molecule is [C]1=C\C=C/C2C=CC=CC2c2ccccc2/1. The summed E-state index contributed by atoms with van der Waals surface area (Å²) in [6.07, 6.45) is 18.5. The highest BCUT2D eigenvalue weighted by Gasteiger charge is 2.20. The summed E-state index contributed by atoms with van der Waals surface area (Å²) < 4.78 is 0. The van der Waals surface area contributed by atoms with E-state index in [1.165, 1.54) is 11.1 Å². The van der Waals surface area contributed by atoms with Crippen LogP contribution in [0.1, 0.15) is 17.0 Å². The molecule has 2 aliphatic rings. The Labute approximate surface area is 96.3 Å². The molecule has 0 saturated heterocycles. The van der Waals surface area contributed by atoms with E-state index in [0.29, 0.717) is 11.8 Å². The molecule has 0 heterocycles.